The molecule has 40 N–H and O–H groups in total. The Morgan fingerprint density at radius 3 is 1.01 bits per heavy atom. The topological polar surface area (TPSA) is 1040 Å². The highest BCUT2D eigenvalue weighted by Crippen LogP contribution is 2.44. The molecule has 11 aliphatic rings. The third kappa shape index (κ3) is 24.9. The lowest BCUT2D eigenvalue weighted by molar-refractivity contribution is -0.415. The van der Waals surface area contributed by atoms with Crippen LogP contribution in [0.2, 0.25) is 0 Å². The average Bonchev–Trinajstić information content (AvgIpc) is 0.747. The van der Waals surface area contributed by atoms with Crippen molar-refractivity contribution in [1.29, 1.82) is 0 Å². The molecule has 64 heteroatoms. The first-order valence-electron chi connectivity index (χ1n) is 44.1. The monoisotopic (exact) mass is 2060 g/mol. The van der Waals surface area contributed by atoms with Gasteiger partial charge in [0.05, 0.1) is 78.8 Å². The number of carboxylic acid groups (broad SMARTS) is 1. The molecule has 140 heavy (non-hydrogen) atoms. The highest BCUT2D eigenvalue weighted by molar-refractivity contribution is 5.75. The van der Waals surface area contributed by atoms with E-state index in [2.05, 4.69) is 10.6 Å². The quantitative estimate of drug-likeness (QED) is 0.0272. The average molecular weight is 2060 g/mol. The summed E-state index contributed by atoms with van der Waals surface area (Å²) in [6, 6.07) is -3.89. The number of carbonyl (C=O) groups excluding carboxylic acids is 2. The van der Waals surface area contributed by atoms with Gasteiger partial charge in [-0.05, 0) is 0 Å². The molecule has 0 spiro atoms. The van der Waals surface area contributed by atoms with E-state index in [0.29, 0.717) is 0 Å². The van der Waals surface area contributed by atoms with Crippen LogP contribution in [0.5, 0.6) is 0 Å². The molecule has 0 aromatic rings. The Bertz CT molecular complexity index is 3800. The highest BCUT2D eigenvalue weighted by Gasteiger charge is 2.65. The predicted octanol–water partition coefficient (Wildman–Crippen LogP) is -27.4. The molecule has 0 aromatic carbocycles. The van der Waals surface area contributed by atoms with Crippen molar-refractivity contribution >= 4 is 17.8 Å². The second-order valence-corrected chi connectivity index (χ2v) is 35.2. The first kappa shape index (κ1) is 116. The Morgan fingerprint density at radius 2 is 0.571 bits per heavy atom. The molecule has 2 amide bonds. The van der Waals surface area contributed by atoms with Crippen LogP contribution in [-0.4, -0.2) is 646 Å². The fourth-order valence-electron chi connectivity index (χ4n) is 17.9. The maximum Gasteiger partial charge on any atom is 0.364 e. The SMILES string of the molecule is CC(=O)N[C@H]1[C@H](O[C@H]2[C@@H](O)[C@@H](CO)O[C@@H](O[C@H]3[C@H](O)[C@@H](NC(C)=O)[C@H](O[C@H]4[C@@H](O)[C@@H](CO)O[C@@H](O[C@H]5[C@H](O)[C@H](O)[C@@H](OC[C@H]6O[C@@H](O[C@H]7[C@H](O[C@H]8O[C@H]([C@@H](O)CO)[C@@H](O)[C@H](O)[C@@H]8O[C@H]8O[C@H]([C@@H](O)CO)[C@@H](O)[C@H](O)[C@@H]8O)[C@H](O)[C@@H](O[C@H]8[C@@H]([C@H](O)CO)O[C@@](O)(C(=O)O)C[C@H]8O)O[C@@H]7[C@@H](O)CO)[C@H](O)[C@@H](O)[C@@H]6O)O[C@@H]5[C@H](O)CO)[C@@H]4O)O[C@@H]3CO)[C@@H]2O)O[C@H](CO)[C@@H](O[C@@H]2O[C@H](CO)[C@H](O)[C@H](O)[C@H]2O)[C@@H]1O. The van der Waals surface area contributed by atoms with Gasteiger partial charge in [0.2, 0.25) is 11.8 Å². The van der Waals surface area contributed by atoms with Crippen LogP contribution in [-0.2, 0) is 114 Å². The molecule has 11 heterocycles. The zero-order valence-electron chi connectivity index (χ0n) is 73.8. The van der Waals surface area contributed by atoms with Gasteiger partial charge >= 0.3 is 5.97 Å². The summed E-state index contributed by atoms with van der Waals surface area (Å²) in [7, 11) is 0. The fourth-order valence-corrected chi connectivity index (χ4v) is 17.9. The number of ether oxygens (including phenoxy) is 21. The van der Waals surface area contributed by atoms with Gasteiger partial charge in [0.15, 0.2) is 62.9 Å². The maximum atomic E-state index is 13.1. The van der Waals surface area contributed by atoms with Crippen LogP contribution >= 0.6 is 0 Å². The zero-order valence-corrected chi connectivity index (χ0v) is 73.8. The number of hydrogen-bond donors (Lipinski definition) is 40. The Morgan fingerprint density at radius 1 is 0.279 bits per heavy atom. The smallest absolute Gasteiger partial charge is 0.364 e. The minimum absolute atomic E-state index is 0.885. The number of carbonyl (C=O) groups is 3. The number of hydrogen-bond acceptors (Lipinski definition) is 61. The summed E-state index contributed by atoms with van der Waals surface area (Å²) in [5.74, 6) is -7.47. The number of nitrogens with one attached hydrogen (secondary N) is 2. The van der Waals surface area contributed by atoms with E-state index >= 15 is 0 Å². The largest absolute Gasteiger partial charge is 0.477 e. The van der Waals surface area contributed by atoms with E-state index in [4.69, 9.17) is 99.5 Å². The van der Waals surface area contributed by atoms with Gasteiger partial charge in [-0.25, -0.2) is 4.79 Å². The molecular weight excluding hydrogens is 1930 g/mol. The first-order chi connectivity index (χ1) is 66.1. The molecule has 11 saturated heterocycles. The molecule has 0 unspecified atom stereocenters. The Balaban J connectivity index is 0.810. The zero-order chi connectivity index (χ0) is 103. The molecule has 0 radical (unpaired) electrons. The van der Waals surface area contributed by atoms with Crippen LogP contribution in [0.3, 0.4) is 0 Å². The lowest BCUT2D eigenvalue weighted by Crippen LogP contribution is -2.71. The summed E-state index contributed by atoms with van der Waals surface area (Å²) in [6.07, 6.45) is -130. The van der Waals surface area contributed by atoms with Crippen molar-refractivity contribution in [2.24, 2.45) is 0 Å². The van der Waals surface area contributed by atoms with Gasteiger partial charge in [-0.15, -0.1) is 0 Å². The van der Waals surface area contributed by atoms with Crippen LogP contribution in [0, 0.1) is 0 Å². The van der Waals surface area contributed by atoms with Gasteiger partial charge in [0.1, 0.15) is 287 Å². The number of carboxylic acids is 1. The standard InChI is InChI=1S/C76H128N2O62/c1-15(89)77-29-35(101)57(132-68-44(110)37(103)31(97)23(9-84)121-68)26(12-87)124-65(29)134-59-33(99)24(10-85)122-71(48(59)114)133-58-27(13-88)125-66(30(36(58)102)78-16(2)90)135-60-34(100)25(11-86)123-72(49(60)115)136-61-43(109)47(113)67(129-54(61)20(94)6-81)120-14-28-32(98)38(104)45(111)69(126-28)139-64-55(21(95)7-82)131-73(130-53-17(91)3-76(119,75(117)118)140-56(53)22(96)8-83)50(116)62(64)137-74-63(42(108)41(107)52(128-74)19(93)5-80)138-70-46(112)39(105)40(106)51(127-70)18(92)4-79/h17-74,79-88,91-116,119H,3-14H2,1-2H3,(H,77,89)(H,78,90)(H,117,118)/t17-,18+,19+,20-,21+,22-,23-,24-,25-,26-,27-,28-,29-,30-,31+,32-,33+,34+,35-,36-,37+,38+,39+,40+,41+,42+,43-,44-,45-,46+,47+,48-,49-,50+,51-,52-,53-,54-,55-,56-,57-,58-,59+,60+,61+,62-,63+,64-,65+,66+,67+,68+,69+,70-,71+,72+,73+,74-,76-/m1/s1. The number of aliphatic hydroxyl groups is 37. The van der Waals surface area contributed by atoms with E-state index in [1.807, 2.05) is 0 Å². The molecule has 0 saturated carbocycles. The molecule has 64 nitrogen and oxygen atoms in total. The van der Waals surface area contributed by atoms with Crippen molar-refractivity contribution in [3.8, 4) is 0 Å². The summed E-state index contributed by atoms with van der Waals surface area (Å²) in [5.41, 5.74) is 0. The molecule has 11 fully saturated rings. The molecule has 0 aromatic heterocycles. The van der Waals surface area contributed by atoms with Crippen LogP contribution in [0.25, 0.3) is 0 Å². The van der Waals surface area contributed by atoms with Gasteiger partial charge in [-0.1, -0.05) is 0 Å². The molecule has 11 rings (SSSR count). The second-order valence-electron chi connectivity index (χ2n) is 35.2. The Hall–Kier alpha value is -3.91. The maximum absolute atomic E-state index is 13.1. The van der Waals surface area contributed by atoms with Crippen LogP contribution in [0.1, 0.15) is 20.3 Å². The molecule has 0 bridgehead atoms. The third-order valence-electron chi connectivity index (χ3n) is 25.7. The van der Waals surface area contributed by atoms with Crippen LogP contribution in [0.4, 0.5) is 0 Å². The van der Waals surface area contributed by atoms with Gasteiger partial charge in [-0.3, -0.25) is 9.59 Å². The second kappa shape index (κ2) is 50.1. The summed E-state index contributed by atoms with van der Waals surface area (Å²) in [5, 5.41) is 426. The van der Waals surface area contributed by atoms with Crippen LogP contribution < -0.4 is 10.6 Å². The number of rotatable bonds is 39. The fraction of sp³-hybridized carbons (Fsp3) is 0.961. The van der Waals surface area contributed by atoms with Crippen LogP contribution in [0.15, 0.2) is 0 Å². The van der Waals surface area contributed by atoms with Gasteiger partial charge in [0, 0.05) is 20.3 Å². The van der Waals surface area contributed by atoms with E-state index in [1.165, 1.54) is 0 Å². The third-order valence-corrected chi connectivity index (χ3v) is 25.7. The summed E-state index contributed by atoms with van der Waals surface area (Å²) >= 11 is 0. The first-order valence-corrected chi connectivity index (χ1v) is 44.1. The van der Waals surface area contributed by atoms with Gasteiger partial charge < -0.3 is 304 Å². The van der Waals surface area contributed by atoms with Crippen molar-refractivity contribution < 1.29 is 308 Å². The number of aliphatic carboxylic acids is 1. The lowest BCUT2D eigenvalue weighted by atomic mass is 9.91. The van der Waals surface area contributed by atoms with Gasteiger partial charge in [-0.2, -0.15) is 0 Å². The van der Waals surface area contributed by atoms with Crippen molar-refractivity contribution in [3.05, 3.63) is 0 Å². The molecular formula is C76H128N2O62. The van der Waals surface area contributed by atoms with E-state index in [-0.39, 0.29) is 0 Å². The van der Waals surface area contributed by atoms with E-state index in [9.17, 15) is 208 Å². The number of amides is 2. The van der Waals surface area contributed by atoms with E-state index in [0.717, 1.165) is 13.8 Å². The summed E-state index contributed by atoms with van der Waals surface area (Å²) < 4.78 is 122. The van der Waals surface area contributed by atoms with Crippen molar-refractivity contribution in [3.63, 3.8) is 0 Å². The van der Waals surface area contributed by atoms with Gasteiger partial charge in [0.25, 0.3) is 5.79 Å². The molecule has 59 atom stereocenters. The van der Waals surface area contributed by atoms with E-state index < -0.39 is 458 Å². The minimum atomic E-state index is -3.37. The molecule has 0 aliphatic carbocycles. The Kier molecular flexibility index (Phi) is 41.7. The highest BCUT2D eigenvalue weighted by atomic mass is 16.8. The molecule has 11 aliphatic heterocycles. The molecule has 814 valence electrons. The van der Waals surface area contributed by atoms with Crippen molar-refractivity contribution in [1.82, 2.24) is 10.6 Å². The van der Waals surface area contributed by atoms with E-state index in [1.54, 1.807) is 0 Å². The Labute approximate surface area is 788 Å². The normalized spacial score (nSPS) is 49.4. The summed E-state index contributed by atoms with van der Waals surface area (Å²) in [4.78, 5) is 38.0. The summed E-state index contributed by atoms with van der Waals surface area (Å²) in [6.45, 7) is -11.8. The predicted molar refractivity (Wildman–Crippen MR) is 421 cm³/mol. The minimum Gasteiger partial charge on any atom is -0.477 e. The lowest BCUT2D eigenvalue weighted by Gasteiger charge is -2.52. The van der Waals surface area contributed by atoms with Crippen molar-refractivity contribution in [2.75, 3.05) is 72.7 Å². The van der Waals surface area contributed by atoms with Crippen molar-refractivity contribution in [2.45, 2.75) is 382 Å². The number of aliphatic hydroxyl groups excluding tert-OH is 36.